The van der Waals surface area contributed by atoms with Gasteiger partial charge in [-0.05, 0) is 56.3 Å². The van der Waals surface area contributed by atoms with Crippen molar-refractivity contribution in [1.29, 1.82) is 0 Å². The van der Waals surface area contributed by atoms with E-state index in [4.69, 9.17) is 15.5 Å². The van der Waals surface area contributed by atoms with E-state index in [2.05, 4.69) is 45.9 Å². The first kappa shape index (κ1) is 25.4. The van der Waals surface area contributed by atoms with Gasteiger partial charge in [-0.15, -0.1) is 0 Å². The van der Waals surface area contributed by atoms with Crippen LogP contribution in [0.3, 0.4) is 0 Å². The lowest BCUT2D eigenvalue weighted by Crippen LogP contribution is -2.44. The van der Waals surface area contributed by atoms with Gasteiger partial charge in [-0.1, -0.05) is 37.6 Å². The van der Waals surface area contributed by atoms with Crippen LogP contribution >= 0.6 is 11.8 Å². The zero-order valence-corrected chi connectivity index (χ0v) is 22.3. The lowest BCUT2D eigenvalue weighted by Gasteiger charge is -2.33. The predicted octanol–water partition coefficient (Wildman–Crippen LogP) is 5.76. The molecule has 5 rings (SSSR count). The van der Waals surface area contributed by atoms with E-state index in [1.807, 2.05) is 36.7 Å². The van der Waals surface area contributed by atoms with Gasteiger partial charge in [0, 0.05) is 66.3 Å². The molecule has 0 atom stereocenters. The van der Waals surface area contributed by atoms with E-state index in [1.165, 1.54) is 32.1 Å². The number of hydrogen-bond donors (Lipinski definition) is 2. The minimum absolute atomic E-state index is 0.508. The molecule has 0 bridgehead atoms. The minimum atomic E-state index is 0.508. The van der Waals surface area contributed by atoms with Crippen LogP contribution in [0, 0.1) is 0 Å². The largest absolute Gasteiger partial charge is 0.456 e. The number of rotatable bonds is 8. The van der Waals surface area contributed by atoms with E-state index >= 15 is 0 Å². The third-order valence-corrected chi connectivity index (χ3v) is 7.98. The van der Waals surface area contributed by atoms with Crippen LogP contribution in [-0.4, -0.2) is 54.1 Å². The average molecular weight is 517 g/mol. The van der Waals surface area contributed by atoms with Crippen LogP contribution in [-0.2, 0) is 0 Å². The molecule has 37 heavy (non-hydrogen) atoms. The van der Waals surface area contributed by atoms with Crippen molar-refractivity contribution in [2.75, 3.05) is 43.9 Å². The lowest BCUT2D eigenvalue weighted by atomic mass is 9.96. The maximum Gasteiger partial charge on any atom is 0.146 e. The van der Waals surface area contributed by atoms with Crippen molar-refractivity contribution in [2.24, 2.45) is 0 Å². The van der Waals surface area contributed by atoms with Crippen LogP contribution in [0.4, 0.5) is 11.5 Å². The summed E-state index contributed by atoms with van der Waals surface area (Å²) in [7, 11) is 2.16. The van der Waals surface area contributed by atoms with E-state index in [0.717, 1.165) is 53.0 Å². The molecular formula is C29H36N6OS. The highest BCUT2D eigenvalue weighted by atomic mass is 32.2. The molecule has 3 aromatic rings. The highest BCUT2D eigenvalue weighted by Crippen LogP contribution is 2.35. The van der Waals surface area contributed by atoms with E-state index in [0.29, 0.717) is 23.2 Å². The molecule has 1 aromatic carbocycles. The molecular weight excluding hydrogens is 480 g/mol. The second-order valence-electron chi connectivity index (χ2n) is 9.91. The molecule has 2 aromatic heterocycles. The van der Waals surface area contributed by atoms with Crippen molar-refractivity contribution in [3.05, 3.63) is 66.6 Å². The number of anilines is 2. The Labute approximate surface area is 224 Å². The van der Waals surface area contributed by atoms with Crippen LogP contribution in [0.15, 0.2) is 71.5 Å². The first-order valence-corrected chi connectivity index (χ1v) is 13.9. The Morgan fingerprint density at radius 3 is 2.54 bits per heavy atom. The number of pyridine rings is 2. The van der Waals surface area contributed by atoms with Crippen molar-refractivity contribution >= 4 is 23.3 Å². The van der Waals surface area contributed by atoms with E-state index in [9.17, 15) is 0 Å². The molecule has 0 amide bonds. The smallest absolute Gasteiger partial charge is 0.146 e. The Morgan fingerprint density at radius 1 is 0.973 bits per heavy atom. The molecule has 3 heterocycles. The molecule has 2 aliphatic rings. The Bertz CT molecular complexity index is 1200. The van der Waals surface area contributed by atoms with Gasteiger partial charge in [-0.3, -0.25) is 4.98 Å². The Hall–Kier alpha value is -3.23. The van der Waals surface area contributed by atoms with Gasteiger partial charge in [0.2, 0.25) is 0 Å². The Balaban J connectivity index is 1.24. The third-order valence-electron chi connectivity index (χ3n) is 7.05. The number of likely N-dealkylation sites (N-methyl/N-ethyl adjacent to an activating group) is 1. The summed E-state index contributed by atoms with van der Waals surface area (Å²) in [5, 5.41) is 4.49. The summed E-state index contributed by atoms with van der Waals surface area (Å²) in [5.74, 6) is 2.40. The summed E-state index contributed by atoms with van der Waals surface area (Å²) < 4.78 is 6.18. The van der Waals surface area contributed by atoms with Crippen LogP contribution in [0.2, 0.25) is 0 Å². The van der Waals surface area contributed by atoms with Crippen molar-refractivity contribution < 1.29 is 4.74 Å². The second-order valence-corrected chi connectivity index (χ2v) is 11.0. The number of thioether (sulfide) groups is 1. The van der Waals surface area contributed by atoms with Gasteiger partial charge in [-0.25, -0.2) is 4.98 Å². The standard InChI is InChI=1S/C29H36N6OS/c1-21(33-24-6-4-3-5-7-24)37-28-17-25(9-10-27(28)30)36-26-16-23(18-31-20-26)22-8-11-29(32-19-22)35-14-12-34(2)13-15-35/h8-11,16-20,24,33H,1,3-7,12-15,30H2,2H3. The fourth-order valence-electron chi connectivity index (χ4n) is 4.85. The molecule has 1 saturated heterocycles. The van der Waals surface area contributed by atoms with Crippen molar-refractivity contribution in [3.8, 4) is 22.6 Å². The lowest BCUT2D eigenvalue weighted by molar-refractivity contribution is 0.312. The molecule has 2 fully saturated rings. The Morgan fingerprint density at radius 2 is 1.78 bits per heavy atom. The molecule has 1 aliphatic heterocycles. The topological polar surface area (TPSA) is 79.5 Å². The molecule has 8 heteroatoms. The molecule has 194 valence electrons. The monoisotopic (exact) mass is 516 g/mol. The van der Waals surface area contributed by atoms with Crippen LogP contribution in [0.25, 0.3) is 11.1 Å². The summed E-state index contributed by atoms with van der Waals surface area (Å²) in [6.45, 7) is 8.33. The van der Waals surface area contributed by atoms with Crippen LogP contribution in [0.1, 0.15) is 32.1 Å². The summed E-state index contributed by atoms with van der Waals surface area (Å²) in [6, 6.07) is 12.4. The van der Waals surface area contributed by atoms with E-state index < -0.39 is 0 Å². The second kappa shape index (κ2) is 11.9. The van der Waals surface area contributed by atoms with Gasteiger partial charge in [0.25, 0.3) is 0 Å². The summed E-state index contributed by atoms with van der Waals surface area (Å²) in [5.41, 5.74) is 8.95. The van der Waals surface area contributed by atoms with Gasteiger partial charge in [0.15, 0.2) is 0 Å². The number of benzene rings is 1. The van der Waals surface area contributed by atoms with Crippen molar-refractivity contribution in [3.63, 3.8) is 0 Å². The normalized spacial score (nSPS) is 16.9. The molecule has 7 nitrogen and oxygen atoms in total. The molecule has 1 saturated carbocycles. The molecule has 0 radical (unpaired) electrons. The van der Waals surface area contributed by atoms with E-state index in [-0.39, 0.29) is 0 Å². The first-order chi connectivity index (χ1) is 18.0. The van der Waals surface area contributed by atoms with Gasteiger partial charge < -0.3 is 25.6 Å². The van der Waals surface area contributed by atoms with Crippen molar-refractivity contribution in [2.45, 2.75) is 43.0 Å². The highest BCUT2D eigenvalue weighted by Gasteiger charge is 2.16. The molecule has 3 N–H and O–H groups in total. The number of ether oxygens (including phenoxy) is 1. The maximum absolute atomic E-state index is 6.27. The zero-order chi connectivity index (χ0) is 25.6. The van der Waals surface area contributed by atoms with Gasteiger partial charge in [0.05, 0.1) is 11.2 Å². The molecule has 0 unspecified atom stereocenters. The molecule has 1 aliphatic carbocycles. The number of nitrogens with two attached hydrogens (primary N) is 1. The molecule has 0 spiro atoms. The number of hydrogen-bond acceptors (Lipinski definition) is 8. The predicted molar refractivity (Wildman–Crippen MR) is 153 cm³/mol. The fraction of sp³-hybridized carbons (Fsp3) is 0.379. The maximum atomic E-state index is 6.27. The highest BCUT2D eigenvalue weighted by molar-refractivity contribution is 8.03. The summed E-state index contributed by atoms with van der Waals surface area (Å²) in [4.78, 5) is 14.7. The third kappa shape index (κ3) is 6.76. The number of nitrogens with zero attached hydrogens (tertiary/aromatic N) is 4. The van der Waals surface area contributed by atoms with Gasteiger partial charge in [0.1, 0.15) is 17.3 Å². The Kier molecular flexibility index (Phi) is 8.16. The van der Waals surface area contributed by atoms with Crippen molar-refractivity contribution in [1.82, 2.24) is 20.2 Å². The van der Waals surface area contributed by atoms with Crippen LogP contribution < -0.4 is 20.7 Å². The quantitative estimate of drug-likeness (QED) is 0.289. The number of aromatic nitrogens is 2. The summed E-state index contributed by atoms with van der Waals surface area (Å²) >= 11 is 1.56. The van der Waals surface area contributed by atoms with Gasteiger partial charge >= 0.3 is 0 Å². The fourth-order valence-corrected chi connectivity index (χ4v) is 5.70. The minimum Gasteiger partial charge on any atom is -0.456 e. The summed E-state index contributed by atoms with van der Waals surface area (Å²) in [6.07, 6.45) is 11.8. The first-order valence-electron chi connectivity index (χ1n) is 13.1. The van der Waals surface area contributed by atoms with E-state index in [1.54, 1.807) is 18.0 Å². The van der Waals surface area contributed by atoms with Crippen LogP contribution in [0.5, 0.6) is 11.5 Å². The SMILES string of the molecule is C=C(NC1CCCCC1)Sc1cc(Oc2cncc(-c3ccc(N4CCN(C)CC4)nc3)c2)ccc1N. The average Bonchev–Trinajstić information content (AvgIpc) is 2.92. The number of nitrogens with one attached hydrogen (secondary N) is 1. The zero-order valence-electron chi connectivity index (χ0n) is 21.5. The van der Waals surface area contributed by atoms with Gasteiger partial charge in [-0.2, -0.15) is 0 Å². The number of piperazine rings is 1. The number of nitrogen functional groups attached to an aromatic ring is 1.